The first-order valence-electron chi connectivity index (χ1n) is 3.31. The molecule has 0 spiro atoms. The van der Waals surface area contributed by atoms with Crippen molar-refractivity contribution in [1.29, 1.82) is 0 Å². The van der Waals surface area contributed by atoms with Crippen molar-refractivity contribution < 1.29 is 9.59 Å². The topological polar surface area (TPSA) is 86.2 Å². The van der Waals surface area contributed by atoms with Crippen LogP contribution in [0.5, 0.6) is 0 Å². The van der Waals surface area contributed by atoms with Crippen molar-refractivity contribution in [2.24, 2.45) is 11.5 Å². The second-order valence-electron chi connectivity index (χ2n) is 2.27. The predicted molar refractivity (Wildman–Crippen MR) is 52.0 cm³/mol. The third kappa shape index (κ3) is 2.78. The summed E-state index contributed by atoms with van der Waals surface area (Å²) in [6.45, 7) is 0. The molecule has 0 atom stereocenters. The minimum absolute atomic E-state index is 0. The van der Waals surface area contributed by atoms with E-state index in [0.29, 0.717) is 0 Å². The Bertz CT molecular complexity index is 306. The molecule has 1 aromatic rings. The number of primary amides is 2. The maximum atomic E-state index is 10.7. The van der Waals surface area contributed by atoms with Crippen LogP contribution in [-0.2, 0) is 0 Å². The van der Waals surface area contributed by atoms with Gasteiger partial charge in [-0.3, -0.25) is 9.59 Å². The molecule has 0 saturated heterocycles. The third-order valence-corrected chi connectivity index (χ3v) is 1.46. The molecule has 0 unspecified atom stereocenters. The van der Waals surface area contributed by atoms with Gasteiger partial charge in [-0.2, -0.15) is 0 Å². The molecule has 5 heteroatoms. The van der Waals surface area contributed by atoms with E-state index in [1.165, 1.54) is 12.1 Å². The molecule has 13 heavy (non-hydrogen) atoms. The normalized spacial score (nSPS) is 8.62. The van der Waals surface area contributed by atoms with E-state index in [9.17, 15) is 9.59 Å². The van der Waals surface area contributed by atoms with Crippen LogP contribution in [0.15, 0.2) is 24.3 Å². The first-order valence-corrected chi connectivity index (χ1v) is 3.31. The van der Waals surface area contributed by atoms with Gasteiger partial charge in [0.2, 0.25) is 11.8 Å². The number of nitrogens with two attached hydrogens (primary N) is 2. The number of amides is 2. The fourth-order valence-electron chi connectivity index (χ4n) is 0.913. The van der Waals surface area contributed by atoms with Crippen LogP contribution in [0.2, 0.25) is 0 Å². The van der Waals surface area contributed by atoms with Crippen LogP contribution >= 0.6 is 0 Å². The van der Waals surface area contributed by atoms with Crippen molar-refractivity contribution in [2.45, 2.75) is 0 Å². The Labute approximate surface area is 94.8 Å². The molecule has 0 aliphatic carbocycles. The molecule has 0 fully saturated rings. The second kappa shape index (κ2) is 4.93. The fraction of sp³-hybridized carbons (Fsp3) is 0. The molecule has 0 bridgehead atoms. The molecule has 0 aliphatic heterocycles. The van der Waals surface area contributed by atoms with Crippen LogP contribution in [0.25, 0.3) is 0 Å². The van der Waals surface area contributed by atoms with Gasteiger partial charge >= 0.3 is 26.6 Å². The summed E-state index contributed by atoms with van der Waals surface area (Å²) < 4.78 is 0. The Morgan fingerprint density at radius 1 is 0.923 bits per heavy atom. The van der Waals surface area contributed by atoms with Crippen molar-refractivity contribution in [3.05, 3.63) is 35.4 Å². The summed E-state index contributed by atoms with van der Waals surface area (Å²) in [7, 11) is 0. The summed E-state index contributed by atoms with van der Waals surface area (Å²) in [6, 6.07) is 6.16. The average Bonchev–Trinajstić information content (AvgIpc) is 2.04. The molecule has 0 aliphatic rings. The minimum atomic E-state index is -0.649. The van der Waals surface area contributed by atoms with E-state index in [1.54, 1.807) is 12.1 Å². The van der Waals surface area contributed by atoms with Gasteiger partial charge < -0.3 is 11.5 Å². The Morgan fingerprint density at radius 3 is 1.46 bits per heavy atom. The van der Waals surface area contributed by atoms with Crippen LogP contribution < -0.4 is 11.5 Å². The standard InChI is InChI=1S/C8H8N2O2.Po.2H/c9-7(11)5-3-1-2-4-6(5)8(10)12;;;/h1-4H,(H2,9,11)(H2,10,12);;;. The second-order valence-corrected chi connectivity index (χ2v) is 2.27. The quantitative estimate of drug-likeness (QED) is 0.693. The van der Waals surface area contributed by atoms with Gasteiger partial charge in [-0.1, -0.05) is 12.1 Å². The number of carbonyl (C=O) groups is 2. The number of carbonyl (C=O) groups excluding carboxylic acids is 2. The molecule has 70 valence electrons. The molecule has 0 aromatic heterocycles. The van der Waals surface area contributed by atoms with E-state index in [1.807, 2.05) is 0 Å². The van der Waals surface area contributed by atoms with E-state index in [2.05, 4.69) is 0 Å². The first kappa shape index (κ1) is 12.1. The van der Waals surface area contributed by atoms with Crippen molar-refractivity contribution in [1.82, 2.24) is 0 Å². The van der Waals surface area contributed by atoms with Crippen LogP contribution in [0.1, 0.15) is 20.7 Å². The zero-order valence-electron chi connectivity index (χ0n) is 6.78. The van der Waals surface area contributed by atoms with E-state index < -0.39 is 11.8 Å². The maximum absolute atomic E-state index is 10.7. The van der Waals surface area contributed by atoms with Crippen LogP contribution in [0, 0.1) is 0 Å². The predicted octanol–water partition coefficient (Wildman–Crippen LogP) is -1.03. The van der Waals surface area contributed by atoms with Gasteiger partial charge in [0.1, 0.15) is 0 Å². The Hall–Kier alpha value is -0.944. The Balaban J connectivity index is 0.00000144. The first-order chi connectivity index (χ1) is 5.63. The zero-order chi connectivity index (χ0) is 9.14. The number of rotatable bonds is 2. The molecule has 0 heterocycles. The summed E-state index contributed by atoms with van der Waals surface area (Å²) in [6.07, 6.45) is 0. The number of hydrogen-bond donors (Lipinski definition) is 2. The third-order valence-electron chi connectivity index (χ3n) is 1.46. The molecular weight excluding hydrogens is 365 g/mol. The summed E-state index contributed by atoms with van der Waals surface area (Å²) in [5, 5.41) is 0. The van der Waals surface area contributed by atoms with E-state index >= 15 is 0 Å². The van der Waals surface area contributed by atoms with Gasteiger partial charge in [0.15, 0.2) is 0 Å². The van der Waals surface area contributed by atoms with Gasteiger partial charge in [0.25, 0.3) is 0 Å². The molecule has 2 amide bonds. The molecular formula is C8H10N2O2Po. The summed E-state index contributed by atoms with van der Waals surface area (Å²) in [5.41, 5.74) is 10.3. The Morgan fingerprint density at radius 2 is 1.23 bits per heavy atom. The molecule has 0 saturated carbocycles. The van der Waals surface area contributed by atoms with Crippen LogP contribution in [0.4, 0.5) is 0 Å². The van der Waals surface area contributed by atoms with Gasteiger partial charge in [-0.05, 0) is 12.1 Å². The monoisotopic (exact) mass is 375 g/mol. The summed E-state index contributed by atoms with van der Waals surface area (Å²) >= 11 is 0. The summed E-state index contributed by atoms with van der Waals surface area (Å²) in [4.78, 5) is 21.5. The summed E-state index contributed by atoms with van der Waals surface area (Å²) in [5.74, 6) is -1.30. The van der Waals surface area contributed by atoms with Gasteiger partial charge in [0.05, 0.1) is 11.1 Å². The van der Waals surface area contributed by atoms with Crippen LogP contribution in [-0.4, -0.2) is 38.4 Å². The average molecular weight is 375 g/mol. The zero-order valence-corrected chi connectivity index (χ0v) is 10.7. The van der Waals surface area contributed by atoms with Gasteiger partial charge in [0, 0.05) is 0 Å². The molecule has 1 aromatic carbocycles. The SMILES string of the molecule is NC(=O)c1ccccc1C(N)=O.[PoH2]. The van der Waals surface area contributed by atoms with E-state index in [-0.39, 0.29) is 37.7 Å². The molecule has 4 nitrogen and oxygen atoms in total. The van der Waals surface area contributed by atoms with E-state index in [4.69, 9.17) is 11.5 Å². The van der Waals surface area contributed by atoms with Gasteiger partial charge in [-0.25, -0.2) is 0 Å². The van der Waals surface area contributed by atoms with Crippen molar-refractivity contribution in [3.8, 4) is 0 Å². The van der Waals surface area contributed by atoms with E-state index in [0.717, 1.165) is 0 Å². The number of benzene rings is 1. The van der Waals surface area contributed by atoms with Crippen LogP contribution in [0.3, 0.4) is 0 Å². The van der Waals surface area contributed by atoms with Gasteiger partial charge in [-0.15, -0.1) is 0 Å². The number of hydrogen-bond acceptors (Lipinski definition) is 2. The fourth-order valence-corrected chi connectivity index (χ4v) is 0.913. The molecule has 0 radical (unpaired) electrons. The van der Waals surface area contributed by atoms with Crippen molar-refractivity contribution >= 4 is 38.4 Å². The molecule has 4 N–H and O–H groups in total. The Kier molecular flexibility index (Phi) is 4.57. The molecule has 1 rings (SSSR count). The van der Waals surface area contributed by atoms with Crippen molar-refractivity contribution in [3.63, 3.8) is 0 Å². The van der Waals surface area contributed by atoms with Crippen molar-refractivity contribution in [2.75, 3.05) is 0 Å².